The predicted molar refractivity (Wildman–Crippen MR) is 166 cm³/mol. The highest BCUT2D eigenvalue weighted by atomic mass is 32.2. The molecule has 0 radical (unpaired) electrons. The van der Waals surface area contributed by atoms with Crippen molar-refractivity contribution in [3.05, 3.63) is 139 Å². The summed E-state index contributed by atoms with van der Waals surface area (Å²) in [7, 11) is 0. The Balaban J connectivity index is 1.28. The van der Waals surface area contributed by atoms with E-state index in [1.54, 1.807) is 0 Å². The van der Waals surface area contributed by atoms with Crippen LogP contribution in [0.5, 0.6) is 0 Å². The molecule has 0 saturated carbocycles. The van der Waals surface area contributed by atoms with E-state index < -0.39 is 0 Å². The fraction of sp³-hybridized carbons (Fsp3) is 0. The third-order valence-corrected chi connectivity index (χ3v) is 8.91. The molecule has 0 N–H and O–H groups in total. The smallest absolute Gasteiger partial charge is 0.0998 e. The Kier molecular flexibility index (Phi) is 5.16. The average Bonchev–Trinajstić information content (AvgIpc) is 3.37. The van der Waals surface area contributed by atoms with Gasteiger partial charge >= 0.3 is 0 Å². The monoisotopic (exact) mass is 526 g/mol. The van der Waals surface area contributed by atoms with Gasteiger partial charge in [0.25, 0.3) is 0 Å². The maximum absolute atomic E-state index is 9.95. The molecule has 40 heavy (non-hydrogen) atoms. The lowest BCUT2D eigenvalue weighted by Gasteiger charge is -2.20. The van der Waals surface area contributed by atoms with Gasteiger partial charge in [0, 0.05) is 20.6 Å². The first-order valence-corrected chi connectivity index (χ1v) is 14.1. The second kappa shape index (κ2) is 9.02. The summed E-state index contributed by atoms with van der Waals surface area (Å²) >= 11 is 1.85. The minimum absolute atomic E-state index is 0.683. The van der Waals surface area contributed by atoms with Gasteiger partial charge in [-0.3, -0.25) is 0 Å². The average molecular weight is 527 g/mol. The van der Waals surface area contributed by atoms with Crippen molar-refractivity contribution in [2.24, 2.45) is 0 Å². The van der Waals surface area contributed by atoms with E-state index in [1.807, 2.05) is 48.2 Å². The summed E-state index contributed by atoms with van der Waals surface area (Å²) in [6.07, 6.45) is 0. The van der Waals surface area contributed by atoms with Crippen LogP contribution >= 0.6 is 11.8 Å². The second-order valence-corrected chi connectivity index (χ2v) is 11.2. The fourth-order valence-corrected chi connectivity index (χ4v) is 7.10. The molecule has 0 unspecified atom stereocenters. The van der Waals surface area contributed by atoms with Crippen LogP contribution in [0.15, 0.2) is 143 Å². The zero-order valence-electron chi connectivity index (χ0n) is 21.5. The van der Waals surface area contributed by atoms with Crippen molar-refractivity contribution in [1.29, 1.82) is 5.26 Å². The molecular weight excluding hydrogens is 504 g/mol. The van der Waals surface area contributed by atoms with Crippen LogP contribution in [0.3, 0.4) is 0 Å². The normalized spacial score (nSPS) is 11.9. The van der Waals surface area contributed by atoms with Crippen molar-refractivity contribution >= 4 is 33.6 Å². The molecule has 186 valence electrons. The summed E-state index contributed by atoms with van der Waals surface area (Å²) in [5, 5.41) is 12.5. The zero-order valence-corrected chi connectivity index (χ0v) is 22.3. The zero-order chi connectivity index (χ0) is 26.6. The molecule has 1 aliphatic rings. The van der Waals surface area contributed by atoms with Gasteiger partial charge in [-0.05, 0) is 75.8 Å². The van der Waals surface area contributed by atoms with Crippen LogP contribution < -0.4 is 0 Å². The number of nitriles is 1. The van der Waals surface area contributed by atoms with Crippen molar-refractivity contribution in [3.8, 4) is 45.1 Å². The van der Waals surface area contributed by atoms with Gasteiger partial charge in [-0.25, -0.2) is 0 Å². The Morgan fingerprint density at radius 3 is 2.12 bits per heavy atom. The molecule has 7 aromatic rings. The summed E-state index contributed by atoms with van der Waals surface area (Å²) in [6, 6.07) is 49.4. The molecule has 0 atom stereocenters. The summed E-state index contributed by atoms with van der Waals surface area (Å²) in [5.41, 5.74) is 11.0. The van der Waals surface area contributed by atoms with Crippen LogP contribution in [0.25, 0.3) is 60.9 Å². The molecule has 1 aliphatic heterocycles. The van der Waals surface area contributed by atoms with E-state index in [9.17, 15) is 5.26 Å². The number of nitrogens with zero attached hydrogens (tertiary/aromatic N) is 2. The van der Waals surface area contributed by atoms with Crippen molar-refractivity contribution in [2.45, 2.75) is 9.79 Å². The van der Waals surface area contributed by atoms with Crippen LogP contribution in [0.2, 0.25) is 0 Å². The van der Waals surface area contributed by atoms with E-state index in [4.69, 9.17) is 0 Å². The van der Waals surface area contributed by atoms with Gasteiger partial charge in [-0.15, -0.1) is 0 Å². The lowest BCUT2D eigenvalue weighted by atomic mass is 9.94. The van der Waals surface area contributed by atoms with Gasteiger partial charge in [0.05, 0.1) is 28.4 Å². The number of hydrogen-bond acceptors (Lipinski definition) is 2. The molecule has 8 rings (SSSR count). The molecule has 0 bridgehead atoms. The quantitative estimate of drug-likeness (QED) is 0.229. The molecule has 2 heterocycles. The maximum Gasteiger partial charge on any atom is 0.0998 e. The maximum atomic E-state index is 9.95. The van der Waals surface area contributed by atoms with E-state index in [1.165, 1.54) is 42.8 Å². The fourth-order valence-electron chi connectivity index (χ4n) is 5.97. The number of benzene rings is 6. The Bertz CT molecular complexity index is 2150. The van der Waals surface area contributed by atoms with Crippen molar-refractivity contribution in [3.63, 3.8) is 0 Å². The van der Waals surface area contributed by atoms with Crippen molar-refractivity contribution < 1.29 is 0 Å². The van der Waals surface area contributed by atoms with E-state index in [0.29, 0.717) is 5.56 Å². The third kappa shape index (κ3) is 3.51. The van der Waals surface area contributed by atoms with Gasteiger partial charge in [0.2, 0.25) is 0 Å². The first kappa shape index (κ1) is 22.9. The van der Waals surface area contributed by atoms with E-state index in [2.05, 4.69) is 108 Å². The lowest BCUT2D eigenvalue weighted by Crippen LogP contribution is -2.01. The standard InChI is InChI=1S/C37H22N2S/c38-23-29-20-27(17-18-30(29)24-9-2-1-3-10-24)25-11-8-12-26(19-25)28-21-32-31-13-4-5-14-33(31)39-34-15-6-7-16-35(34)40-36(22-28)37(32)39/h1-22H. The molecule has 6 aromatic carbocycles. The Hall–Kier alpha value is -5.04. The molecule has 0 saturated heterocycles. The molecule has 1 aromatic heterocycles. The lowest BCUT2D eigenvalue weighted by molar-refractivity contribution is 1.09. The van der Waals surface area contributed by atoms with Crippen LogP contribution in [-0.2, 0) is 0 Å². The minimum atomic E-state index is 0.683. The van der Waals surface area contributed by atoms with Gasteiger partial charge in [-0.1, -0.05) is 103 Å². The number of aromatic nitrogens is 1. The third-order valence-electron chi connectivity index (χ3n) is 7.81. The van der Waals surface area contributed by atoms with Gasteiger partial charge in [0.1, 0.15) is 0 Å². The number of hydrogen-bond donors (Lipinski definition) is 0. The highest BCUT2D eigenvalue weighted by Gasteiger charge is 2.23. The number of para-hydroxylation sites is 2. The highest BCUT2D eigenvalue weighted by molar-refractivity contribution is 7.99. The summed E-state index contributed by atoms with van der Waals surface area (Å²) in [4.78, 5) is 2.54. The summed E-state index contributed by atoms with van der Waals surface area (Å²) < 4.78 is 2.42. The molecule has 0 amide bonds. The van der Waals surface area contributed by atoms with Gasteiger partial charge in [0.15, 0.2) is 0 Å². The molecule has 2 nitrogen and oxygen atoms in total. The van der Waals surface area contributed by atoms with E-state index >= 15 is 0 Å². The molecule has 0 fully saturated rings. The van der Waals surface area contributed by atoms with Gasteiger partial charge < -0.3 is 4.57 Å². The molecule has 3 heteroatoms. The largest absolute Gasteiger partial charge is 0.307 e. The van der Waals surface area contributed by atoms with E-state index in [0.717, 1.165) is 27.8 Å². The first-order valence-electron chi connectivity index (χ1n) is 13.3. The van der Waals surface area contributed by atoms with Crippen LogP contribution in [-0.4, -0.2) is 4.57 Å². The SMILES string of the molecule is N#Cc1cc(-c2cccc(-c3cc4c5c(c3)c3ccccc3n5-c3ccccc3S4)c2)ccc1-c1ccccc1. The second-order valence-electron chi connectivity index (χ2n) is 10.1. The highest BCUT2D eigenvalue weighted by Crippen LogP contribution is 2.48. The van der Waals surface area contributed by atoms with Crippen LogP contribution in [0.1, 0.15) is 5.56 Å². The summed E-state index contributed by atoms with van der Waals surface area (Å²) in [5.74, 6) is 0. The summed E-state index contributed by atoms with van der Waals surface area (Å²) in [6.45, 7) is 0. The van der Waals surface area contributed by atoms with Crippen molar-refractivity contribution in [2.75, 3.05) is 0 Å². The van der Waals surface area contributed by atoms with Gasteiger partial charge in [-0.2, -0.15) is 5.26 Å². The topological polar surface area (TPSA) is 28.7 Å². The Labute approximate surface area is 236 Å². The molecule has 0 aliphatic carbocycles. The van der Waals surface area contributed by atoms with Crippen LogP contribution in [0, 0.1) is 11.3 Å². The predicted octanol–water partition coefficient (Wildman–Crippen LogP) is 10.1. The molecule has 0 spiro atoms. The Morgan fingerprint density at radius 2 is 1.25 bits per heavy atom. The van der Waals surface area contributed by atoms with Crippen molar-refractivity contribution in [1.82, 2.24) is 4.57 Å². The Morgan fingerprint density at radius 1 is 0.525 bits per heavy atom. The number of rotatable bonds is 3. The molecular formula is C37H22N2S. The minimum Gasteiger partial charge on any atom is -0.307 e. The first-order chi connectivity index (χ1) is 19.8. The van der Waals surface area contributed by atoms with E-state index in [-0.39, 0.29) is 0 Å². The number of fused-ring (bicyclic) bond motifs is 5. The van der Waals surface area contributed by atoms with Crippen LogP contribution in [0.4, 0.5) is 0 Å².